The van der Waals surface area contributed by atoms with Crippen LogP contribution in [0.1, 0.15) is 10.5 Å². The van der Waals surface area contributed by atoms with E-state index in [9.17, 15) is 4.79 Å². The van der Waals surface area contributed by atoms with Crippen molar-refractivity contribution in [3.05, 3.63) is 59.8 Å². The number of thiazole rings is 1. The first-order valence-electron chi connectivity index (χ1n) is 6.03. The fourth-order valence-electron chi connectivity index (χ4n) is 1.66. The highest BCUT2D eigenvalue weighted by molar-refractivity contribution is 7.19. The topological polar surface area (TPSA) is 67.8 Å². The molecule has 0 fully saturated rings. The molecule has 3 aromatic heterocycles. The second kappa shape index (κ2) is 5.99. The zero-order chi connectivity index (χ0) is 14.7. The monoisotopic (exact) mass is 316 g/mol. The van der Waals surface area contributed by atoms with E-state index in [0.717, 1.165) is 5.56 Å². The van der Waals surface area contributed by atoms with Gasteiger partial charge in [0.2, 0.25) is 0 Å². The number of carbonyl (C=O) groups is 1. The average molecular weight is 317 g/mol. The van der Waals surface area contributed by atoms with Gasteiger partial charge in [-0.25, -0.2) is 4.98 Å². The number of rotatable bonds is 3. The highest BCUT2D eigenvalue weighted by Crippen LogP contribution is 2.34. The number of carbonyl (C=O) groups excluding carboxylic acids is 1. The van der Waals surface area contributed by atoms with Crippen LogP contribution in [-0.2, 0) is 0 Å². The lowest BCUT2D eigenvalue weighted by molar-refractivity contribution is 0.102. The van der Waals surface area contributed by atoms with Gasteiger partial charge in [0.15, 0.2) is 5.15 Å². The smallest absolute Gasteiger partial charge is 0.274 e. The predicted molar refractivity (Wildman–Crippen MR) is 82.5 cm³/mol. The molecule has 1 N–H and O–H groups in total. The van der Waals surface area contributed by atoms with E-state index in [4.69, 9.17) is 11.6 Å². The lowest BCUT2D eigenvalue weighted by Gasteiger charge is -2.01. The highest BCUT2D eigenvalue weighted by Gasteiger charge is 2.15. The molecular weight excluding hydrogens is 308 g/mol. The third-order valence-corrected chi connectivity index (χ3v) is 4.02. The molecular formula is C14H9ClN4OS. The first-order valence-corrected chi connectivity index (χ1v) is 7.22. The Morgan fingerprint density at radius 2 is 2.10 bits per heavy atom. The molecule has 3 heterocycles. The summed E-state index contributed by atoms with van der Waals surface area (Å²) in [5.41, 5.74) is 1.17. The molecule has 0 radical (unpaired) electrons. The van der Waals surface area contributed by atoms with Crippen molar-refractivity contribution in [2.45, 2.75) is 0 Å². The molecule has 0 unspecified atom stereocenters. The summed E-state index contributed by atoms with van der Waals surface area (Å²) in [6.45, 7) is 0. The molecule has 0 atom stereocenters. The number of pyridine rings is 2. The van der Waals surface area contributed by atoms with E-state index in [1.165, 1.54) is 11.3 Å². The number of aromatic nitrogens is 3. The maximum absolute atomic E-state index is 12.0. The van der Waals surface area contributed by atoms with Crippen LogP contribution in [0, 0.1) is 0 Å². The normalized spacial score (nSPS) is 10.3. The van der Waals surface area contributed by atoms with Gasteiger partial charge in [0.25, 0.3) is 5.91 Å². The Balaban J connectivity index is 1.84. The van der Waals surface area contributed by atoms with Crippen molar-refractivity contribution in [1.29, 1.82) is 0 Å². The van der Waals surface area contributed by atoms with Crippen LogP contribution >= 0.6 is 22.9 Å². The van der Waals surface area contributed by atoms with E-state index in [2.05, 4.69) is 20.3 Å². The zero-order valence-corrected chi connectivity index (χ0v) is 12.2. The Morgan fingerprint density at radius 1 is 1.19 bits per heavy atom. The van der Waals surface area contributed by atoms with E-state index < -0.39 is 0 Å². The first-order chi connectivity index (χ1) is 10.2. The lowest BCUT2D eigenvalue weighted by Crippen LogP contribution is -2.12. The summed E-state index contributed by atoms with van der Waals surface area (Å²) in [6.07, 6.45) is 4.94. The number of hydrogen-bond donors (Lipinski definition) is 1. The number of anilines is 1. The molecule has 3 rings (SSSR count). The Hall–Kier alpha value is -2.31. The quantitative estimate of drug-likeness (QED) is 0.803. The van der Waals surface area contributed by atoms with Crippen LogP contribution in [0.3, 0.4) is 0 Å². The highest BCUT2D eigenvalue weighted by atomic mass is 35.5. The summed E-state index contributed by atoms with van der Waals surface area (Å²) in [5.74, 6) is -0.320. The number of amides is 1. The molecule has 104 valence electrons. The molecule has 0 bridgehead atoms. The molecule has 0 spiro atoms. The van der Waals surface area contributed by atoms with Gasteiger partial charge < -0.3 is 5.32 Å². The Morgan fingerprint density at radius 3 is 2.81 bits per heavy atom. The lowest BCUT2D eigenvalue weighted by atomic mass is 10.3. The minimum atomic E-state index is -0.320. The predicted octanol–water partition coefficient (Wildman–Crippen LogP) is 3.51. The molecule has 0 saturated carbocycles. The van der Waals surface area contributed by atoms with Gasteiger partial charge in [-0.3, -0.25) is 14.8 Å². The van der Waals surface area contributed by atoms with Crippen LogP contribution in [-0.4, -0.2) is 20.9 Å². The SMILES string of the molecule is O=C(Nc1sc(-c2cccnc2)nc1Cl)c1ccccn1. The van der Waals surface area contributed by atoms with Gasteiger partial charge in [0.1, 0.15) is 15.7 Å². The molecule has 7 heteroatoms. The van der Waals surface area contributed by atoms with Crippen LogP contribution in [0.15, 0.2) is 48.9 Å². The molecule has 5 nitrogen and oxygen atoms in total. The van der Waals surface area contributed by atoms with Gasteiger partial charge in [-0.1, -0.05) is 29.0 Å². The van der Waals surface area contributed by atoms with Gasteiger partial charge >= 0.3 is 0 Å². The molecule has 0 saturated heterocycles. The Labute approximate surface area is 129 Å². The van der Waals surface area contributed by atoms with Crippen LogP contribution in [0.25, 0.3) is 10.6 Å². The average Bonchev–Trinajstić information content (AvgIpc) is 2.90. The van der Waals surface area contributed by atoms with Gasteiger partial charge in [-0.2, -0.15) is 0 Å². The van der Waals surface area contributed by atoms with Gasteiger partial charge in [-0.05, 0) is 24.3 Å². The van der Waals surface area contributed by atoms with Crippen LogP contribution in [0.4, 0.5) is 5.00 Å². The van der Waals surface area contributed by atoms with Crippen molar-refractivity contribution in [1.82, 2.24) is 15.0 Å². The second-order valence-electron chi connectivity index (χ2n) is 4.05. The van der Waals surface area contributed by atoms with Crippen LogP contribution in [0.2, 0.25) is 5.15 Å². The van der Waals surface area contributed by atoms with Gasteiger partial charge in [-0.15, -0.1) is 0 Å². The zero-order valence-electron chi connectivity index (χ0n) is 10.7. The molecule has 21 heavy (non-hydrogen) atoms. The van der Waals surface area contributed by atoms with Crippen molar-refractivity contribution in [2.75, 3.05) is 5.32 Å². The number of nitrogens with one attached hydrogen (secondary N) is 1. The minimum Gasteiger partial charge on any atom is -0.310 e. The van der Waals surface area contributed by atoms with Gasteiger partial charge in [0, 0.05) is 24.2 Å². The molecule has 0 aliphatic heterocycles. The third-order valence-electron chi connectivity index (χ3n) is 2.62. The summed E-state index contributed by atoms with van der Waals surface area (Å²) in [5, 5.41) is 4.16. The summed E-state index contributed by atoms with van der Waals surface area (Å²) in [4.78, 5) is 24.3. The number of halogens is 1. The molecule has 0 aliphatic rings. The molecule has 0 aliphatic carbocycles. The van der Waals surface area contributed by atoms with Crippen molar-refractivity contribution in [3.63, 3.8) is 0 Å². The summed E-state index contributed by atoms with van der Waals surface area (Å²) >= 11 is 7.36. The molecule has 1 amide bonds. The van der Waals surface area contributed by atoms with E-state index in [1.54, 1.807) is 36.8 Å². The van der Waals surface area contributed by atoms with E-state index in [-0.39, 0.29) is 11.1 Å². The van der Waals surface area contributed by atoms with E-state index in [1.807, 2.05) is 12.1 Å². The standard InChI is InChI=1S/C14H9ClN4OS/c15-11-14(19-12(20)10-5-1-2-7-17-10)21-13(18-11)9-4-3-6-16-8-9/h1-8H,(H,19,20). The van der Waals surface area contributed by atoms with E-state index >= 15 is 0 Å². The van der Waals surface area contributed by atoms with Crippen molar-refractivity contribution >= 4 is 33.8 Å². The largest absolute Gasteiger partial charge is 0.310 e. The van der Waals surface area contributed by atoms with Crippen molar-refractivity contribution in [2.24, 2.45) is 0 Å². The third kappa shape index (κ3) is 3.07. The summed E-state index contributed by atoms with van der Waals surface area (Å²) < 4.78 is 0. The first kappa shape index (κ1) is 13.7. The van der Waals surface area contributed by atoms with E-state index in [0.29, 0.717) is 15.7 Å². The summed E-state index contributed by atoms with van der Waals surface area (Å²) in [6, 6.07) is 8.82. The second-order valence-corrected chi connectivity index (χ2v) is 5.41. The Kier molecular flexibility index (Phi) is 3.89. The van der Waals surface area contributed by atoms with Crippen LogP contribution < -0.4 is 5.32 Å². The summed E-state index contributed by atoms with van der Waals surface area (Å²) in [7, 11) is 0. The van der Waals surface area contributed by atoms with Crippen molar-refractivity contribution in [3.8, 4) is 10.6 Å². The number of nitrogens with zero attached hydrogens (tertiary/aromatic N) is 3. The fraction of sp³-hybridized carbons (Fsp3) is 0. The van der Waals surface area contributed by atoms with Gasteiger partial charge in [0.05, 0.1) is 0 Å². The maximum atomic E-state index is 12.0. The minimum absolute atomic E-state index is 0.253. The molecule has 3 aromatic rings. The molecule has 0 aromatic carbocycles. The van der Waals surface area contributed by atoms with Crippen molar-refractivity contribution < 1.29 is 4.79 Å². The van der Waals surface area contributed by atoms with Crippen LogP contribution in [0.5, 0.6) is 0 Å². The maximum Gasteiger partial charge on any atom is 0.274 e. The number of hydrogen-bond acceptors (Lipinski definition) is 5. The fourth-order valence-corrected chi connectivity index (χ4v) is 2.80. The Bertz CT molecular complexity index is 761.